The third-order valence-electron chi connectivity index (χ3n) is 7.52. The van der Waals surface area contributed by atoms with Gasteiger partial charge >= 0.3 is 0 Å². The van der Waals surface area contributed by atoms with Crippen LogP contribution < -0.4 is 5.19 Å². The van der Waals surface area contributed by atoms with Crippen molar-refractivity contribution in [1.29, 1.82) is 0 Å². The number of allylic oxidation sites excluding steroid dienone is 12. The molecule has 1 radical (unpaired) electrons. The first-order valence-corrected chi connectivity index (χ1v) is 14.4. The van der Waals surface area contributed by atoms with E-state index in [1.165, 1.54) is 43.1 Å². The summed E-state index contributed by atoms with van der Waals surface area (Å²) < 4.78 is 6.04. The lowest BCUT2D eigenvalue weighted by Crippen LogP contribution is -2.35. The summed E-state index contributed by atoms with van der Waals surface area (Å²) in [5.74, 6) is 0.448. The molecular weight excluding hydrogens is 452 g/mol. The van der Waals surface area contributed by atoms with Crippen molar-refractivity contribution in [3.8, 4) is 0 Å². The molecule has 1 aromatic heterocycles. The molecule has 173 valence electrons. The molecule has 7 rings (SSSR count). The number of hydrogen-bond donors (Lipinski definition) is 0. The molecule has 1 heterocycles. The minimum atomic E-state index is -0.986. The van der Waals surface area contributed by atoms with Gasteiger partial charge in [0.15, 0.2) is 8.80 Å². The molecule has 0 spiro atoms. The summed E-state index contributed by atoms with van der Waals surface area (Å²) in [6.07, 6.45) is 22.7. The molecule has 0 fully saturated rings. The van der Waals surface area contributed by atoms with E-state index < -0.39 is 8.80 Å². The molecule has 0 saturated heterocycles. The number of para-hydroxylation sites is 1. The van der Waals surface area contributed by atoms with Gasteiger partial charge in [0.25, 0.3) is 0 Å². The quantitative estimate of drug-likeness (QED) is 0.269. The molecule has 1 unspecified atom stereocenters. The lowest BCUT2D eigenvalue weighted by molar-refractivity contribution is 0.669. The molecular formula is C34H27OSi. The van der Waals surface area contributed by atoms with Crippen LogP contribution in [0.25, 0.3) is 27.5 Å². The van der Waals surface area contributed by atoms with Gasteiger partial charge in [-0.3, -0.25) is 0 Å². The van der Waals surface area contributed by atoms with Crippen molar-refractivity contribution in [2.45, 2.75) is 19.3 Å². The van der Waals surface area contributed by atoms with Gasteiger partial charge in [-0.1, -0.05) is 119 Å². The highest BCUT2D eigenvalue weighted by molar-refractivity contribution is 6.87. The first-order valence-electron chi connectivity index (χ1n) is 12.9. The van der Waals surface area contributed by atoms with Crippen LogP contribution >= 0.6 is 0 Å². The highest BCUT2D eigenvalue weighted by Gasteiger charge is 2.27. The van der Waals surface area contributed by atoms with Crippen molar-refractivity contribution in [1.82, 2.24) is 0 Å². The van der Waals surface area contributed by atoms with Gasteiger partial charge in [-0.2, -0.15) is 0 Å². The summed E-state index contributed by atoms with van der Waals surface area (Å²) in [7, 11) is -0.986. The van der Waals surface area contributed by atoms with Gasteiger partial charge < -0.3 is 4.42 Å². The monoisotopic (exact) mass is 479 g/mol. The van der Waals surface area contributed by atoms with Crippen LogP contribution in [-0.4, -0.2) is 8.80 Å². The van der Waals surface area contributed by atoms with Crippen LogP contribution in [0.5, 0.6) is 0 Å². The average molecular weight is 480 g/mol. The fraction of sp³-hybridized carbons (Fsp3) is 0.118. The Balaban J connectivity index is 1.21. The second kappa shape index (κ2) is 8.96. The fourth-order valence-electron chi connectivity index (χ4n) is 5.71. The van der Waals surface area contributed by atoms with Gasteiger partial charge in [-0.25, -0.2) is 0 Å². The molecule has 36 heavy (non-hydrogen) atoms. The number of rotatable bonds is 4. The molecule has 1 atom stereocenters. The second-order valence-corrected chi connectivity index (χ2v) is 12.3. The zero-order chi connectivity index (χ0) is 23.9. The van der Waals surface area contributed by atoms with E-state index in [0.717, 1.165) is 30.4 Å². The summed E-state index contributed by atoms with van der Waals surface area (Å²) in [5.41, 5.74) is 5.88. The standard InChI is InChI=1S/C34H27OSi/c1-3-9-28(10-4-1)36(29-11-5-2-6-12-29)30-19-17-25-21-24(15-16-26(25)22-30)27-18-20-34-32(23-27)31-13-7-8-14-33(31)35-34/h1,3-5,7-15,17-23,26H,2,6,16H2. The lowest BCUT2D eigenvalue weighted by Gasteiger charge is -2.27. The molecule has 0 amide bonds. The van der Waals surface area contributed by atoms with Gasteiger partial charge in [0.2, 0.25) is 0 Å². The SMILES string of the molecule is C1=CC([Si](C2=CC3CC=C(c4ccc5oc6ccccc6c5c4)C=C3C=C2)c2ccccc2)=CCC1. The highest BCUT2D eigenvalue weighted by atomic mass is 28.3. The molecule has 4 aromatic rings. The summed E-state index contributed by atoms with van der Waals surface area (Å²) in [6, 6.07) is 26.0. The van der Waals surface area contributed by atoms with Gasteiger partial charge in [0.1, 0.15) is 11.2 Å². The van der Waals surface area contributed by atoms with E-state index in [0.29, 0.717) is 5.92 Å². The molecule has 0 bridgehead atoms. The Hall–Kier alpha value is -3.88. The predicted molar refractivity (Wildman–Crippen MR) is 153 cm³/mol. The second-order valence-electron chi connectivity index (χ2n) is 9.79. The summed E-state index contributed by atoms with van der Waals surface area (Å²) >= 11 is 0. The fourth-order valence-corrected chi connectivity index (χ4v) is 8.48. The van der Waals surface area contributed by atoms with Crippen LogP contribution in [0.3, 0.4) is 0 Å². The molecule has 0 aliphatic heterocycles. The Morgan fingerprint density at radius 2 is 1.58 bits per heavy atom. The van der Waals surface area contributed by atoms with Crippen LogP contribution in [-0.2, 0) is 0 Å². The van der Waals surface area contributed by atoms with E-state index in [1.54, 1.807) is 0 Å². The van der Waals surface area contributed by atoms with E-state index in [4.69, 9.17) is 4.42 Å². The van der Waals surface area contributed by atoms with E-state index in [-0.39, 0.29) is 0 Å². The van der Waals surface area contributed by atoms with Crippen molar-refractivity contribution in [3.05, 3.63) is 143 Å². The van der Waals surface area contributed by atoms with Crippen LogP contribution in [0.4, 0.5) is 0 Å². The molecule has 3 aliphatic rings. The zero-order valence-electron chi connectivity index (χ0n) is 20.2. The zero-order valence-corrected chi connectivity index (χ0v) is 21.2. The van der Waals surface area contributed by atoms with Crippen LogP contribution in [0.2, 0.25) is 0 Å². The van der Waals surface area contributed by atoms with Crippen molar-refractivity contribution >= 4 is 41.5 Å². The summed E-state index contributed by atoms with van der Waals surface area (Å²) in [6.45, 7) is 0. The van der Waals surface area contributed by atoms with E-state index in [9.17, 15) is 0 Å². The van der Waals surface area contributed by atoms with E-state index >= 15 is 0 Å². The number of benzene rings is 3. The lowest BCUT2D eigenvalue weighted by atomic mass is 9.84. The van der Waals surface area contributed by atoms with Crippen molar-refractivity contribution in [2.24, 2.45) is 5.92 Å². The Morgan fingerprint density at radius 1 is 0.722 bits per heavy atom. The van der Waals surface area contributed by atoms with Crippen molar-refractivity contribution in [3.63, 3.8) is 0 Å². The number of furan rings is 1. The van der Waals surface area contributed by atoms with Crippen LogP contribution in [0.1, 0.15) is 24.8 Å². The Kier molecular flexibility index (Phi) is 5.33. The summed E-state index contributed by atoms with van der Waals surface area (Å²) in [4.78, 5) is 0. The summed E-state index contributed by atoms with van der Waals surface area (Å²) in [5, 5.41) is 6.87. The topological polar surface area (TPSA) is 13.1 Å². The maximum absolute atomic E-state index is 6.04. The van der Waals surface area contributed by atoms with Gasteiger partial charge in [0.05, 0.1) is 0 Å². The van der Waals surface area contributed by atoms with E-state index in [2.05, 4.69) is 109 Å². The van der Waals surface area contributed by atoms with Crippen molar-refractivity contribution in [2.75, 3.05) is 0 Å². The maximum Gasteiger partial charge on any atom is 0.153 e. The predicted octanol–water partition coefficient (Wildman–Crippen LogP) is 8.17. The Morgan fingerprint density at radius 3 is 2.47 bits per heavy atom. The minimum Gasteiger partial charge on any atom is -0.456 e. The average Bonchev–Trinajstić information content (AvgIpc) is 3.32. The molecule has 3 aliphatic carbocycles. The first-order chi connectivity index (χ1) is 17.8. The molecule has 3 aromatic carbocycles. The van der Waals surface area contributed by atoms with E-state index in [1.807, 2.05) is 12.1 Å². The van der Waals surface area contributed by atoms with Gasteiger partial charge in [0, 0.05) is 16.7 Å². The third kappa shape index (κ3) is 3.79. The minimum absolute atomic E-state index is 0.448. The Labute approximate surface area is 213 Å². The largest absolute Gasteiger partial charge is 0.456 e. The number of fused-ring (bicyclic) bond motifs is 4. The first kappa shape index (κ1) is 21.4. The molecule has 2 heteroatoms. The smallest absolute Gasteiger partial charge is 0.153 e. The maximum atomic E-state index is 6.04. The third-order valence-corrected chi connectivity index (χ3v) is 10.3. The van der Waals surface area contributed by atoms with Crippen LogP contribution in [0, 0.1) is 5.92 Å². The Bertz CT molecular complexity index is 1660. The highest BCUT2D eigenvalue weighted by Crippen LogP contribution is 2.37. The molecule has 1 nitrogen and oxygen atoms in total. The van der Waals surface area contributed by atoms with Gasteiger partial charge in [-0.05, 0) is 54.2 Å². The molecule has 0 N–H and O–H groups in total. The van der Waals surface area contributed by atoms with Gasteiger partial charge in [-0.15, -0.1) is 0 Å². The normalized spacial score (nSPS) is 19.2. The number of hydrogen-bond acceptors (Lipinski definition) is 1. The van der Waals surface area contributed by atoms with Crippen LogP contribution in [0.15, 0.2) is 142 Å². The van der Waals surface area contributed by atoms with Crippen molar-refractivity contribution < 1.29 is 4.42 Å². The molecule has 0 saturated carbocycles.